The van der Waals surface area contributed by atoms with Gasteiger partial charge in [-0.05, 0) is 11.6 Å². The molecule has 3 aromatic rings. The Bertz CT molecular complexity index is 1190. The number of non-ortho nitro benzene ring substituents is 1. The number of benzene rings is 2. The van der Waals surface area contributed by atoms with Crippen molar-refractivity contribution < 1.29 is 28.7 Å². The number of amides is 1. The Labute approximate surface area is 182 Å². The first kappa shape index (κ1) is 21.3. The van der Waals surface area contributed by atoms with Crippen LogP contribution in [0, 0.1) is 10.1 Å². The summed E-state index contributed by atoms with van der Waals surface area (Å²) in [6.07, 6.45) is 2.01. The van der Waals surface area contributed by atoms with Gasteiger partial charge in [0.25, 0.3) is 5.69 Å². The smallest absolute Gasteiger partial charge is 0.329 e. The number of carbonyl (C=O) groups excluding carboxylic acids is 2. The number of para-hydroxylation sites is 1. The molecule has 166 valence electrons. The average molecular weight is 439 g/mol. The van der Waals surface area contributed by atoms with Crippen LogP contribution in [0.1, 0.15) is 23.6 Å². The Morgan fingerprint density at radius 2 is 2.09 bits per heavy atom. The van der Waals surface area contributed by atoms with Crippen LogP contribution in [-0.4, -0.2) is 34.6 Å². The molecule has 2 N–H and O–H groups in total. The molecule has 4 rings (SSSR count). The molecule has 0 bridgehead atoms. The standard InChI is InChI=1S/C22H21N3O7/c1-13(26)24-20(8-14-9-23-19-5-3-2-4-18(14)19)22(27)31-11-16-7-17(25(28)29)6-15-10-30-12-32-21(15)16/h2-7,9,20,23H,8,10-12H2,1H3,(H,24,26). The number of esters is 1. The molecule has 1 aliphatic rings. The van der Waals surface area contributed by atoms with Crippen LogP contribution in [-0.2, 0) is 38.7 Å². The van der Waals surface area contributed by atoms with E-state index in [4.69, 9.17) is 14.2 Å². The number of nitro groups is 1. The summed E-state index contributed by atoms with van der Waals surface area (Å²) >= 11 is 0. The summed E-state index contributed by atoms with van der Waals surface area (Å²) < 4.78 is 16.1. The van der Waals surface area contributed by atoms with Gasteiger partial charge >= 0.3 is 5.97 Å². The third kappa shape index (κ3) is 4.54. The molecule has 32 heavy (non-hydrogen) atoms. The minimum Gasteiger partial charge on any atom is -0.467 e. The van der Waals surface area contributed by atoms with Crippen LogP contribution in [0.5, 0.6) is 5.75 Å². The summed E-state index contributed by atoms with van der Waals surface area (Å²) in [5, 5.41) is 14.8. The minimum atomic E-state index is -0.925. The predicted octanol–water partition coefficient (Wildman–Crippen LogP) is 2.73. The SMILES string of the molecule is CC(=O)NC(Cc1c[nH]c2ccccc12)C(=O)OCc1cc([N+](=O)[O-])cc2c1OCOC2. The fourth-order valence-electron chi connectivity index (χ4n) is 3.70. The van der Waals surface area contributed by atoms with Crippen molar-refractivity contribution in [2.24, 2.45) is 0 Å². The summed E-state index contributed by atoms with van der Waals surface area (Å²) in [5.41, 5.74) is 2.49. The largest absolute Gasteiger partial charge is 0.467 e. The van der Waals surface area contributed by atoms with Gasteiger partial charge in [-0.25, -0.2) is 4.79 Å². The zero-order valence-corrected chi connectivity index (χ0v) is 17.3. The maximum absolute atomic E-state index is 12.9. The van der Waals surface area contributed by atoms with Gasteiger partial charge in [0.2, 0.25) is 5.91 Å². The fraction of sp³-hybridized carbons (Fsp3) is 0.273. The van der Waals surface area contributed by atoms with Crippen LogP contribution in [0.25, 0.3) is 10.9 Å². The highest BCUT2D eigenvalue weighted by Gasteiger charge is 2.26. The lowest BCUT2D eigenvalue weighted by atomic mass is 10.0. The zero-order valence-electron chi connectivity index (χ0n) is 17.3. The third-order valence-electron chi connectivity index (χ3n) is 5.11. The second kappa shape index (κ2) is 9.06. The molecule has 0 saturated carbocycles. The van der Waals surface area contributed by atoms with Crippen molar-refractivity contribution >= 4 is 28.5 Å². The summed E-state index contributed by atoms with van der Waals surface area (Å²) in [6, 6.07) is 9.38. The lowest BCUT2D eigenvalue weighted by Gasteiger charge is -2.21. The summed E-state index contributed by atoms with van der Waals surface area (Å²) in [6.45, 7) is 1.24. The Kier molecular flexibility index (Phi) is 6.04. The van der Waals surface area contributed by atoms with Crippen molar-refractivity contribution in [2.75, 3.05) is 6.79 Å². The highest BCUT2D eigenvalue weighted by molar-refractivity contribution is 5.86. The molecule has 10 nitrogen and oxygen atoms in total. The number of hydrogen-bond donors (Lipinski definition) is 2. The normalized spacial score (nSPS) is 13.7. The van der Waals surface area contributed by atoms with Crippen LogP contribution in [0.4, 0.5) is 5.69 Å². The molecule has 1 aliphatic heterocycles. The van der Waals surface area contributed by atoms with Crippen LogP contribution < -0.4 is 10.1 Å². The van der Waals surface area contributed by atoms with E-state index >= 15 is 0 Å². The second-order valence-corrected chi connectivity index (χ2v) is 7.39. The Morgan fingerprint density at radius 3 is 2.88 bits per heavy atom. The van der Waals surface area contributed by atoms with Gasteiger partial charge in [-0.1, -0.05) is 18.2 Å². The number of rotatable bonds is 7. The molecule has 0 fully saturated rings. The number of nitro benzene ring substituents is 1. The van der Waals surface area contributed by atoms with E-state index in [9.17, 15) is 19.7 Å². The molecule has 2 heterocycles. The van der Waals surface area contributed by atoms with E-state index in [1.807, 2.05) is 24.3 Å². The molecule has 1 amide bonds. The number of hydrogen-bond acceptors (Lipinski definition) is 7. The quantitative estimate of drug-likeness (QED) is 0.328. The summed E-state index contributed by atoms with van der Waals surface area (Å²) in [4.78, 5) is 38.4. The Morgan fingerprint density at radius 1 is 1.28 bits per heavy atom. The number of aromatic amines is 1. The maximum Gasteiger partial charge on any atom is 0.329 e. The number of carbonyl (C=O) groups is 2. The fourth-order valence-corrected chi connectivity index (χ4v) is 3.70. The van der Waals surface area contributed by atoms with Gasteiger partial charge in [0, 0.05) is 53.7 Å². The van der Waals surface area contributed by atoms with E-state index in [2.05, 4.69) is 10.3 Å². The van der Waals surface area contributed by atoms with E-state index in [0.717, 1.165) is 16.5 Å². The van der Waals surface area contributed by atoms with E-state index in [1.165, 1.54) is 19.1 Å². The van der Waals surface area contributed by atoms with E-state index < -0.39 is 16.9 Å². The lowest BCUT2D eigenvalue weighted by molar-refractivity contribution is -0.385. The number of ether oxygens (including phenoxy) is 3. The van der Waals surface area contributed by atoms with E-state index in [0.29, 0.717) is 16.9 Å². The van der Waals surface area contributed by atoms with Gasteiger partial charge < -0.3 is 24.5 Å². The van der Waals surface area contributed by atoms with Gasteiger partial charge in [-0.3, -0.25) is 14.9 Å². The average Bonchev–Trinajstić information content (AvgIpc) is 3.19. The number of fused-ring (bicyclic) bond motifs is 2. The van der Waals surface area contributed by atoms with Crippen LogP contribution in [0.2, 0.25) is 0 Å². The third-order valence-corrected chi connectivity index (χ3v) is 5.11. The first-order chi connectivity index (χ1) is 15.4. The van der Waals surface area contributed by atoms with Crippen molar-refractivity contribution in [2.45, 2.75) is 32.6 Å². The van der Waals surface area contributed by atoms with E-state index in [1.54, 1.807) is 6.20 Å². The molecule has 1 aromatic heterocycles. The molecule has 10 heteroatoms. The van der Waals surface area contributed by atoms with Crippen LogP contribution in [0.15, 0.2) is 42.6 Å². The monoisotopic (exact) mass is 439 g/mol. The zero-order chi connectivity index (χ0) is 22.7. The molecule has 1 unspecified atom stereocenters. The van der Waals surface area contributed by atoms with Crippen molar-refractivity contribution in [1.82, 2.24) is 10.3 Å². The number of aromatic nitrogens is 1. The number of H-pyrrole nitrogens is 1. The lowest BCUT2D eigenvalue weighted by Crippen LogP contribution is -2.42. The molecule has 1 atom stereocenters. The van der Waals surface area contributed by atoms with Crippen molar-refractivity contribution in [3.8, 4) is 5.75 Å². The predicted molar refractivity (Wildman–Crippen MR) is 113 cm³/mol. The molecule has 0 spiro atoms. The maximum atomic E-state index is 12.9. The van der Waals surface area contributed by atoms with E-state index in [-0.39, 0.29) is 38.0 Å². The van der Waals surface area contributed by atoms with Crippen molar-refractivity contribution in [3.05, 3.63) is 69.4 Å². The minimum absolute atomic E-state index is 0.000832. The first-order valence-corrected chi connectivity index (χ1v) is 9.92. The summed E-state index contributed by atoms with van der Waals surface area (Å²) in [7, 11) is 0. The van der Waals surface area contributed by atoms with Crippen molar-refractivity contribution in [3.63, 3.8) is 0 Å². The van der Waals surface area contributed by atoms with Gasteiger partial charge in [-0.15, -0.1) is 0 Å². The highest BCUT2D eigenvalue weighted by Crippen LogP contribution is 2.33. The van der Waals surface area contributed by atoms with Crippen LogP contribution in [0.3, 0.4) is 0 Å². The Balaban J connectivity index is 1.53. The van der Waals surface area contributed by atoms with Gasteiger partial charge in [0.05, 0.1) is 11.5 Å². The number of nitrogens with zero attached hydrogens (tertiary/aromatic N) is 1. The first-order valence-electron chi connectivity index (χ1n) is 9.92. The molecule has 0 saturated heterocycles. The van der Waals surface area contributed by atoms with Gasteiger partial charge in [-0.2, -0.15) is 0 Å². The van der Waals surface area contributed by atoms with Crippen LogP contribution >= 0.6 is 0 Å². The molecular weight excluding hydrogens is 418 g/mol. The molecule has 2 aromatic carbocycles. The second-order valence-electron chi connectivity index (χ2n) is 7.39. The van der Waals surface area contributed by atoms with Crippen molar-refractivity contribution in [1.29, 1.82) is 0 Å². The summed E-state index contributed by atoms with van der Waals surface area (Å²) in [5.74, 6) is -0.625. The number of nitrogens with one attached hydrogen (secondary N) is 2. The highest BCUT2D eigenvalue weighted by atomic mass is 16.7. The topological polar surface area (TPSA) is 133 Å². The van der Waals surface area contributed by atoms with Gasteiger partial charge in [0.1, 0.15) is 18.4 Å². The Hall–Kier alpha value is -3.92. The molecule has 0 radical (unpaired) electrons. The molecule has 0 aliphatic carbocycles. The van der Waals surface area contributed by atoms with Gasteiger partial charge in [0.15, 0.2) is 6.79 Å². The molecular formula is C22H21N3O7.